The third kappa shape index (κ3) is 6.18. The maximum atomic E-state index is 13.3. The molecule has 1 unspecified atom stereocenters. The van der Waals surface area contributed by atoms with Crippen molar-refractivity contribution in [2.24, 2.45) is 11.8 Å². The van der Waals surface area contributed by atoms with Crippen LogP contribution >= 0.6 is 0 Å². The lowest BCUT2D eigenvalue weighted by atomic mass is 9.84. The van der Waals surface area contributed by atoms with Gasteiger partial charge in [-0.05, 0) is 56.1 Å². The molecule has 1 amide bonds. The van der Waals surface area contributed by atoms with E-state index in [1.54, 1.807) is 0 Å². The lowest BCUT2D eigenvalue weighted by molar-refractivity contribution is -0.133. The number of aromatic nitrogens is 2. The van der Waals surface area contributed by atoms with E-state index in [4.69, 9.17) is 9.47 Å². The lowest BCUT2D eigenvalue weighted by Gasteiger charge is -2.29. The Morgan fingerprint density at radius 2 is 2.12 bits per heavy atom. The average Bonchev–Trinajstić information content (AvgIpc) is 3.58. The van der Waals surface area contributed by atoms with Gasteiger partial charge in [-0.2, -0.15) is 0 Å². The molecule has 0 bridgehead atoms. The quantitative estimate of drug-likeness (QED) is 0.519. The number of ether oxygens (including phenoxy) is 2. The number of unbranched alkanes of at least 4 members (excludes halogenated alkanes) is 1. The Hall–Kier alpha value is -2.32. The molecule has 4 rings (SSSR count). The minimum absolute atomic E-state index is 0.118. The first-order valence-electron chi connectivity index (χ1n) is 12.4. The zero-order valence-corrected chi connectivity index (χ0v) is 19.8. The van der Waals surface area contributed by atoms with Crippen molar-refractivity contribution >= 4 is 5.91 Å². The number of fused-ring (bicyclic) bond motifs is 1. The molecular formula is C25H38N4O4. The smallest absolute Gasteiger partial charge is 0.236 e. The monoisotopic (exact) mass is 458 g/mol. The van der Waals surface area contributed by atoms with Crippen LogP contribution in [-0.2, 0) is 20.8 Å². The normalized spacial score (nSPS) is 24.6. The molecule has 1 aromatic heterocycles. The van der Waals surface area contributed by atoms with Gasteiger partial charge in [-0.25, -0.2) is 4.98 Å². The molecule has 0 radical (unpaired) electrons. The number of carbonyl (C=O) groups excluding carboxylic acids is 1. The first-order valence-corrected chi connectivity index (χ1v) is 12.4. The van der Waals surface area contributed by atoms with E-state index < -0.39 is 0 Å². The van der Waals surface area contributed by atoms with E-state index in [2.05, 4.69) is 33.5 Å². The highest BCUT2D eigenvalue weighted by atomic mass is 16.7. The highest BCUT2D eigenvalue weighted by molar-refractivity contribution is 5.78. The van der Waals surface area contributed by atoms with Crippen LogP contribution in [0.4, 0.5) is 0 Å². The van der Waals surface area contributed by atoms with Crippen LogP contribution in [0.1, 0.15) is 45.4 Å². The fourth-order valence-electron chi connectivity index (χ4n) is 5.21. The molecule has 1 aliphatic carbocycles. The summed E-state index contributed by atoms with van der Waals surface area (Å²) in [6, 6.07) is 0.358. The molecule has 0 saturated carbocycles. The van der Waals surface area contributed by atoms with Gasteiger partial charge >= 0.3 is 0 Å². The molecule has 3 aliphatic rings. The number of aliphatic hydroxyl groups excluding tert-OH is 1. The number of hydrogen-bond acceptors (Lipinski definition) is 6. The minimum Gasteiger partial charge on any atom is -0.454 e. The second-order valence-corrected chi connectivity index (χ2v) is 9.39. The van der Waals surface area contributed by atoms with Crippen molar-refractivity contribution < 1.29 is 19.4 Å². The van der Waals surface area contributed by atoms with Crippen LogP contribution in [0.15, 0.2) is 42.4 Å². The Labute approximate surface area is 196 Å². The Balaban J connectivity index is 1.41. The van der Waals surface area contributed by atoms with E-state index in [-0.39, 0.29) is 12.5 Å². The van der Waals surface area contributed by atoms with E-state index in [9.17, 15) is 9.90 Å². The summed E-state index contributed by atoms with van der Waals surface area (Å²) in [5.74, 6) is 2.84. The standard InChI is InChI=1S/C25H38N4O4/c1-2-3-9-28(10-4-13-30)25(31)17-29-16-21(14-22(29)7-11-27-12-8-26-18-27)20-5-6-23-24(15-20)33-19-32-23/h6,8,12,15,18,20-22,30H,2-5,7,9-11,13-14,16-17,19H2,1H3/t20?,21-,22+/m1/s1. The van der Waals surface area contributed by atoms with Gasteiger partial charge in [0.2, 0.25) is 12.7 Å². The van der Waals surface area contributed by atoms with E-state index in [0.717, 1.165) is 63.3 Å². The summed E-state index contributed by atoms with van der Waals surface area (Å²) < 4.78 is 13.3. The molecule has 0 spiro atoms. The Bertz CT molecular complexity index is 814. The molecule has 0 aromatic carbocycles. The van der Waals surface area contributed by atoms with Gasteiger partial charge in [0.05, 0.1) is 12.9 Å². The van der Waals surface area contributed by atoms with E-state index in [1.165, 1.54) is 0 Å². The van der Waals surface area contributed by atoms with E-state index in [0.29, 0.717) is 44.2 Å². The summed E-state index contributed by atoms with van der Waals surface area (Å²) in [6.45, 7) is 6.24. The highest BCUT2D eigenvalue weighted by Gasteiger charge is 2.38. The van der Waals surface area contributed by atoms with Crippen LogP contribution in [-0.4, -0.2) is 76.0 Å². The Kier molecular flexibility index (Phi) is 8.45. The van der Waals surface area contributed by atoms with Crippen LogP contribution < -0.4 is 0 Å². The van der Waals surface area contributed by atoms with Crippen molar-refractivity contribution in [2.45, 2.75) is 58.0 Å². The van der Waals surface area contributed by atoms with Gasteiger partial charge in [0, 0.05) is 51.2 Å². The number of aryl methyl sites for hydroxylation is 1. The van der Waals surface area contributed by atoms with Crippen LogP contribution in [0.25, 0.3) is 0 Å². The first-order chi connectivity index (χ1) is 16.2. The highest BCUT2D eigenvalue weighted by Crippen LogP contribution is 2.38. The molecule has 3 heterocycles. The number of rotatable bonds is 12. The molecule has 2 saturated heterocycles. The largest absolute Gasteiger partial charge is 0.454 e. The minimum atomic E-state index is 0.118. The van der Waals surface area contributed by atoms with Gasteiger partial charge in [-0.1, -0.05) is 13.3 Å². The number of allylic oxidation sites excluding steroid dienone is 2. The zero-order chi connectivity index (χ0) is 23.0. The summed E-state index contributed by atoms with van der Waals surface area (Å²) in [6.07, 6.45) is 15.8. The third-order valence-electron chi connectivity index (χ3n) is 7.12. The van der Waals surface area contributed by atoms with Crippen molar-refractivity contribution in [2.75, 3.05) is 39.6 Å². The number of amides is 1. The van der Waals surface area contributed by atoms with Gasteiger partial charge in [0.25, 0.3) is 0 Å². The van der Waals surface area contributed by atoms with Crippen molar-refractivity contribution in [3.8, 4) is 0 Å². The summed E-state index contributed by atoms with van der Waals surface area (Å²) >= 11 is 0. The number of imidazole rings is 1. The zero-order valence-electron chi connectivity index (χ0n) is 19.8. The number of aliphatic hydroxyl groups is 1. The first kappa shape index (κ1) is 23.8. The SMILES string of the molecule is CCCCN(CCCO)C(=O)CN1C[C@H](C2C=C3OCOC3=CC2)C[C@@H]1CCn1ccnc1. The number of hydrogen-bond donors (Lipinski definition) is 1. The molecule has 2 fully saturated rings. The molecule has 1 aromatic rings. The fraction of sp³-hybridized carbons (Fsp3) is 0.680. The van der Waals surface area contributed by atoms with Crippen LogP contribution in [0.3, 0.4) is 0 Å². The Morgan fingerprint density at radius 3 is 2.91 bits per heavy atom. The van der Waals surface area contributed by atoms with Crippen LogP contribution in [0, 0.1) is 11.8 Å². The van der Waals surface area contributed by atoms with Crippen molar-refractivity contribution in [1.82, 2.24) is 19.4 Å². The molecule has 1 N–H and O–H groups in total. The maximum Gasteiger partial charge on any atom is 0.236 e. The van der Waals surface area contributed by atoms with Crippen molar-refractivity contribution in [1.29, 1.82) is 0 Å². The van der Waals surface area contributed by atoms with Gasteiger partial charge < -0.3 is 24.0 Å². The molecule has 8 nitrogen and oxygen atoms in total. The topological polar surface area (TPSA) is 80.1 Å². The van der Waals surface area contributed by atoms with Gasteiger partial charge in [0.15, 0.2) is 11.5 Å². The third-order valence-corrected chi connectivity index (χ3v) is 7.12. The van der Waals surface area contributed by atoms with Crippen molar-refractivity contribution in [3.05, 3.63) is 42.4 Å². The fourth-order valence-corrected chi connectivity index (χ4v) is 5.21. The summed E-state index contributed by atoms with van der Waals surface area (Å²) in [5, 5.41) is 9.27. The number of likely N-dealkylation sites (tertiary alicyclic amines) is 1. The van der Waals surface area contributed by atoms with Crippen LogP contribution in [0.5, 0.6) is 0 Å². The second-order valence-electron chi connectivity index (χ2n) is 9.39. The molecule has 182 valence electrons. The Morgan fingerprint density at radius 1 is 1.27 bits per heavy atom. The molecule has 8 heteroatoms. The van der Waals surface area contributed by atoms with E-state index >= 15 is 0 Å². The maximum absolute atomic E-state index is 13.3. The number of nitrogens with zero attached hydrogens (tertiary/aromatic N) is 4. The van der Waals surface area contributed by atoms with Gasteiger partial charge in [-0.15, -0.1) is 0 Å². The van der Waals surface area contributed by atoms with Gasteiger partial charge in [0.1, 0.15) is 0 Å². The predicted octanol–water partition coefficient (Wildman–Crippen LogP) is 2.77. The molecule has 3 atom stereocenters. The van der Waals surface area contributed by atoms with Gasteiger partial charge in [-0.3, -0.25) is 9.69 Å². The summed E-state index contributed by atoms with van der Waals surface area (Å²) in [4.78, 5) is 21.8. The summed E-state index contributed by atoms with van der Waals surface area (Å²) in [5.41, 5.74) is 0. The number of carbonyl (C=O) groups is 1. The molecule has 2 aliphatic heterocycles. The summed E-state index contributed by atoms with van der Waals surface area (Å²) in [7, 11) is 0. The average molecular weight is 459 g/mol. The predicted molar refractivity (Wildman–Crippen MR) is 125 cm³/mol. The van der Waals surface area contributed by atoms with Crippen molar-refractivity contribution in [3.63, 3.8) is 0 Å². The van der Waals surface area contributed by atoms with Crippen LogP contribution in [0.2, 0.25) is 0 Å². The van der Waals surface area contributed by atoms with E-state index in [1.807, 2.05) is 23.6 Å². The molecular weight excluding hydrogens is 420 g/mol. The molecule has 33 heavy (non-hydrogen) atoms. The lowest BCUT2D eigenvalue weighted by Crippen LogP contribution is -2.43. The second kappa shape index (κ2) is 11.7.